The fourth-order valence-corrected chi connectivity index (χ4v) is 4.09. The van der Waals surface area contributed by atoms with Crippen molar-refractivity contribution < 1.29 is 13.6 Å². The van der Waals surface area contributed by atoms with Crippen molar-refractivity contribution in [2.75, 3.05) is 19.6 Å². The second kappa shape index (κ2) is 10.1. The number of rotatable bonds is 8. The molecule has 170 valence electrons. The fraction of sp³-hybridized carbons (Fsp3) is 0.458. The number of nitrogens with one attached hydrogen (secondary N) is 1. The lowest BCUT2D eigenvalue weighted by molar-refractivity contribution is -0.120. The monoisotopic (exact) mass is 439 g/mol. The molecular formula is C24H30FN5O2. The number of aromatic nitrogens is 3. The molecular weight excluding hydrogens is 409 g/mol. The predicted octanol–water partition coefficient (Wildman–Crippen LogP) is 3.23. The summed E-state index contributed by atoms with van der Waals surface area (Å²) in [5.41, 5.74) is 0.650. The Bertz CT molecular complexity index is 1060. The van der Waals surface area contributed by atoms with Gasteiger partial charge in [0, 0.05) is 32.0 Å². The molecule has 3 heterocycles. The summed E-state index contributed by atoms with van der Waals surface area (Å²) in [6, 6.07) is 10.2. The van der Waals surface area contributed by atoms with Crippen LogP contribution < -0.4 is 5.32 Å². The van der Waals surface area contributed by atoms with Gasteiger partial charge in [-0.2, -0.15) is 0 Å². The molecule has 3 aromatic rings. The van der Waals surface area contributed by atoms with Crippen LogP contribution >= 0.6 is 0 Å². The van der Waals surface area contributed by atoms with Crippen LogP contribution in [-0.2, 0) is 30.7 Å². The molecule has 1 aliphatic heterocycles. The van der Waals surface area contributed by atoms with Gasteiger partial charge in [-0.05, 0) is 49.7 Å². The molecule has 0 spiro atoms. The lowest BCUT2D eigenvalue weighted by atomic mass is 10.0. The number of carbonyl (C=O) groups is 1. The fourth-order valence-electron chi connectivity index (χ4n) is 4.09. The van der Waals surface area contributed by atoms with Crippen molar-refractivity contribution >= 4 is 5.91 Å². The minimum absolute atomic E-state index is 0.139. The Kier molecular flexibility index (Phi) is 6.99. The predicted molar refractivity (Wildman–Crippen MR) is 119 cm³/mol. The smallest absolute Gasteiger partial charge is 0.224 e. The zero-order valence-electron chi connectivity index (χ0n) is 18.7. The topological polar surface area (TPSA) is 76.2 Å². The summed E-state index contributed by atoms with van der Waals surface area (Å²) < 4.78 is 21.2. The van der Waals surface area contributed by atoms with Gasteiger partial charge in [0.2, 0.25) is 5.91 Å². The Morgan fingerprint density at radius 2 is 2.09 bits per heavy atom. The molecule has 0 saturated heterocycles. The molecule has 0 fully saturated rings. The van der Waals surface area contributed by atoms with E-state index in [0.29, 0.717) is 18.0 Å². The largest absolute Gasteiger partial charge is 0.466 e. The van der Waals surface area contributed by atoms with Crippen molar-refractivity contribution in [3.8, 4) is 0 Å². The van der Waals surface area contributed by atoms with Crippen molar-refractivity contribution in [3.63, 3.8) is 0 Å². The molecule has 4 rings (SSSR count). The van der Waals surface area contributed by atoms with E-state index in [1.807, 2.05) is 13.0 Å². The number of aryl methyl sites for hydroxylation is 1. The van der Waals surface area contributed by atoms with E-state index in [0.717, 1.165) is 62.2 Å². The normalized spacial score (nSPS) is 15.2. The zero-order valence-corrected chi connectivity index (χ0v) is 18.7. The number of carbonyl (C=O) groups excluding carboxylic acids is 1. The summed E-state index contributed by atoms with van der Waals surface area (Å²) >= 11 is 0. The first-order valence-corrected chi connectivity index (χ1v) is 11.2. The number of amides is 1. The van der Waals surface area contributed by atoms with E-state index in [9.17, 15) is 9.18 Å². The Morgan fingerprint density at radius 3 is 2.88 bits per heavy atom. The van der Waals surface area contributed by atoms with Gasteiger partial charge in [-0.15, -0.1) is 10.2 Å². The van der Waals surface area contributed by atoms with Gasteiger partial charge in [0.25, 0.3) is 0 Å². The Morgan fingerprint density at radius 1 is 1.22 bits per heavy atom. The van der Waals surface area contributed by atoms with E-state index >= 15 is 0 Å². The maximum absolute atomic E-state index is 13.3. The number of hydrogen-bond acceptors (Lipinski definition) is 5. The average Bonchev–Trinajstić information content (AvgIpc) is 3.31. The van der Waals surface area contributed by atoms with E-state index in [2.05, 4.69) is 38.0 Å². The summed E-state index contributed by atoms with van der Waals surface area (Å²) in [5.74, 6) is 3.60. The Hall–Kier alpha value is -3.00. The second-order valence-electron chi connectivity index (χ2n) is 8.50. The number of benzene rings is 1. The van der Waals surface area contributed by atoms with Gasteiger partial charge in [-0.25, -0.2) is 4.39 Å². The maximum Gasteiger partial charge on any atom is 0.224 e. The van der Waals surface area contributed by atoms with Crippen LogP contribution in [0.1, 0.15) is 48.0 Å². The molecule has 32 heavy (non-hydrogen) atoms. The molecule has 0 radical (unpaired) electrons. The van der Waals surface area contributed by atoms with Crippen LogP contribution in [0.15, 0.2) is 40.8 Å². The standard InChI is InChI=1S/C24H30FN5O2/c1-17(21-7-6-18(2)32-21)8-10-29-11-9-22-27-28-23(30(22)13-12-29)16-26-24(31)15-19-4-3-5-20(25)14-19/h3-7,14,17H,8-13,15-16H2,1-2H3,(H,26,31)/t17-/m1/s1. The van der Waals surface area contributed by atoms with E-state index in [-0.39, 0.29) is 18.1 Å². The molecule has 0 aliphatic carbocycles. The second-order valence-corrected chi connectivity index (χ2v) is 8.50. The van der Waals surface area contributed by atoms with Gasteiger partial charge >= 0.3 is 0 Å². The summed E-state index contributed by atoms with van der Waals surface area (Å²) in [4.78, 5) is 14.7. The van der Waals surface area contributed by atoms with Gasteiger partial charge < -0.3 is 19.2 Å². The SMILES string of the molecule is Cc1ccc([C@H](C)CCN2CCc3nnc(CNC(=O)Cc4cccc(F)c4)n3CC2)o1. The van der Waals surface area contributed by atoms with E-state index in [4.69, 9.17) is 4.42 Å². The molecule has 1 aromatic carbocycles. The lowest BCUT2D eigenvalue weighted by Gasteiger charge is -2.21. The first-order chi connectivity index (χ1) is 15.5. The van der Waals surface area contributed by atoms with Crippen LogP contribution in [0.25, 0.3) is 0 Å². The third-order valence-electron chi connectivity index (χ3n) is 6.02. The van der Waals surface area contributed by atoms with Crippen molar-refractivity contribution in [3.05, 3.63) is 70.9 Å². The number of nitrogens with zero attached hydrogens (tertiary/aromatic N) is 4. The quantitative estimate of drug-likeness (QED) is 0.583. The maximum atomic E-state index is 13.3. The molecule has 7 nitrogen and oxygen atoms in total. The minimum Gasteiger partial charge on any atom is -0.466 e. The van der Waals surface area contributed by atoms with Crippen LogP contribution in [0, 0.1) is 12.7 Å². The molecule has 1 atom stereocenters. The van der Waals surface area contributed by atoms with Gasteiger partial charge in [0.05, 0.1) is 13.0 Å². The van der Waals surface area contributed by atoms with E-state index in [1.165, 1.54) is 12.1 Å². The zero-order chi connectivity index (χ0) is 22.5. The van der Waals surface area contributed by atoms with E-state index in [1.54, 1.807) is 12.1 Å². The number of furan rings is 1. The number of halogens is 1. The molecule has 1 amide bonds. The van der Waals surface area contributed by atoms with Crippen molar-refractivity contribution in [2.45, 2.75) is 52.1 Å². The van der Waals surface area contributed by atoms with Gasteiger partial charge in [0.15, 0.2) is 5.82 Å². The number of fused-ring (bicyclic) bond motifs is 1. The van der Waals surface area contributed by atoms with Crippen molar-refractivity contribution in [2.24, 2.45) is 0 Å². The van der Waals surface area contributed by atoms with Crippen LogP contribution in [-0.4, -0.2) is 45.2 Å². The third kappa shape index (κ3) is 5.62. The summed E-state index contributed by atoms with van der Waals surface area (Å²) in [5, 5.41) is 11.5. The highest BCUT2D eigenvalue weighted by Crippen LogP contribution is 2.22. The van der Waals surface area contributed by atoms with Gasteiger partial charge in [-0.3, -0.25) is 4.79 Å². The highest BCUT2D eigenvalue weighted by atomic mass is 19.1. The Balaban J connectivity index is 1.27. The van der Waals surface area contributed by atoms with Crippen molar-refractivity contribution in [1.82, 2.24) is 25.0 Å². The van der Waals surface area contributed by atoms with Crippen LogP contribution in [0.5, 0.6) is 0 Å². The molecule has 2 aromatic heterocycles. The molecule has 8 heteroatoms. The lowest BCUT2D eigenvalue weighted by Crippen LogP contribution is -2.30. The highest BCUT2D eigenvalue weighted by Gasteiger charge is 2.20. The minimum atomic E-state index is -0.337. The molecule has 0 unspecified atom stereocenters. The van der Waals surface area contributed by atoms with Crippen LogP contribution in [0.3, 0.4) is 0 Å². The first kappa shape index (κ1) is 22.2. The van der Waals surface area contributed by atoms with Crippen molar-refractivity contribution in [1.29, 1.82) is 0 Å². The summed E-state index contributed by atoms with van der Waals surface area (Å²) in [7, 11) is 0. The Labute approximate surface area is 187 Å². The van der Waals surface area contributed by atoms with Gasteiger partial charge in [-0.1, -0.05) is 19.1 Å². The average molecular weight is 440 g/mol. The third-order valence-corrected chi connectivity index (χ3v) is 6.02. The highest BCUT2D eigenvalue weighted by molar-refractivity contribution is 5.78. The molecule has 1 N–H and O–H groups in total. The molecule has 0 bridgehead atoms. The summed E-state index contributed by atoms with van der Waals surface area (Å²) in [6.45, 7) is 8.14. The van der Waals surface area contributed by atoms with Gasteiger partial charge in [0.1, 0.15) is 23.2 Å². The van der Waals surface area contributed by atoms with E-state index < -0.39 is 0 Å². The van der Waals surface area contributed by atoms with Crippen LogP contribution in [0.2, 0.25) is 0 Å². The molecule has 1 aliphatic rings. The molecule has 0 saturated carbocycles. The number of hydrogen-bond donors (Lipinski definition) is 1. The summed E-state index contributed by atoms with van der Waals surface area (Å²) in [6.07, 6.45) is 2.01. The van der Waals surface area contributed by atoms with Crippen LogP contribution in [0.4, 0.5) is 4.39 Å². The first-order valence-electron chi connectivity index (χ1n) is 11.2.